The van der Waals surface area contributed by atoms with E-state index < -0.39 is 0 Å². The molecule has 1 atom stereocenters. The second-order valence-corrected chi connectivity index (χ2v) is 8.26. The van der Waals surface area contributed by atoms with Crippen molar-refractivity contribution in [2.75, 3.05) is 0 Å². The average Bonchev–Trinajstić information content (AvgIpc) is 3.10. The number of aryl methyl sites for hydroxylation is 3. The molecule has 0 saturated carbocycles. The first-order valence-electron chi connectivity index (χ1n) is 8.83. The zero-order valence-corrected chi connectivity index (χ0v) is 17.7. The van der Waals surface area contributed by atoms with Gasteiger partial charge < -0.3 is 9.15 Å². The van der Waals surface area contributed by atoms with Gasteiger partial charge in [0.2, 0.25) is 0 Å². The Balaban J connectivity index is 1.63. The summed E-state index contributed by atoms with van der Waals surface area (Å²) in [5.74, 6) is 0.910. The number of ether oxygens (including phenoxy) is 1. The lowest BCUT2D eigenvalue weighted by atomic mass is 9.97. The Hall–Kier alpha value is -2.31. The molecule has 5 nitrogen and oxygen atoms in total. The maximum Gasteiger partial charge on any atom is 0.277 e. The number of carbonyl (C=O) groups excluding carboxylic acids is 1. The number of para-hydroxylation sites is 1. The number of nitrogens with zero attached hydrogens (tertiary/aromatic N) is 2. The van der Waals surface area contributed by atoms with Crippen LogP contribution in [0.3, 0.4) is 0 Å². The minimum atomic E-state index is -0.349. The van der Waals surface area contributed by atoms with Gasteiger partial charge in [-0.1, -0.05) is 41.6 Å². The molecule has 0 bridgehead atoms. The van der Waals surface area contributed by atoms with Crippen molar-refractivity contribution in [2.45, 2.75) is 44.8 Å². The average molecular weight is 417 g/mol. The molecular formula is C21H21ClN2O3S. The topological polar surface area (TPSA) is 65.2 Å². The number of Topliss-reactive ketones (excluding diaryl/α,β-unsaturated/α-hetero) is 1. The Kier molecular flexibility index (Phi) is 6.42. The first-order chi connectivity index (χ1) is 13.3. The summed E-state index contributed by atoms with van der Waals surface area (Å²) in [5.41, 5.74) is 3.97. The van der Waals surface area contributed by atoms with E-state index in [4.69, 9.17) is 20.8 Å². The molecule has 7 heteroatoms. The lowest BCUT2D eigenvalue weighted by molar-refractivity contribution is 0.0993. The third kappa shape index (κ3) is 4.75. The second-order valence-electron chi connectivity index (χ2n) is 6.56. The summed E-state index contributed by atoms with van der Waals surface area (Å²) >= 11 is 7.30. The van der Waals surface area contributed by atoms with E-state index in [1.807, 2.05) is 52.0 Å². The molecule has 146 valence electrons. The summed E-state index contributed by atoms with van der Waals surface area (Å²) in [6.45, 7) is 7.95. The Morgan fingerprint density at radius 2 is 1.86 bits per heavy atom. The van der Waals surface area contributed by atoms with Crippen molar-refractivity contribution in [3.63, 3.8) is 0 Å². The molecule has 3 aromatic rings. The first kappa shape index (κ1) is 20.4. The van der Waals surface area contributed by atoms with E-state index >= 15 is 0 Å². The van der Waals surface area contributed by atoms with Gasteiger partial charge in [0.1, 0.15) is 5.75 Å². The summed E-state index contributed by atoms with van der Waals surface area (Å²) in [6, 6.07) is 11.2. The number of hydrogen-bond donors (Lipinski definition) is 0. The van der Waals surface area contributed by atoms with Crippen LogP contribution in [0.4, 0.5) is 0 Å². The molecule has 0 saturated heterocycles. The lowest BCUT2D eigenvalue weighted by Crippen LogP contribution is -2.15. The number of benzene rings is 2. The van der Waals surface area contributed by atoms with Crippen molar-refractivity contribution in [3.05, 3.63) is 69.6 Å². The lowest BCUT2D eigenvalue weighted by Gasteiger charge is -2.12. The van der Waals surface area contributed by atoms with E-state index in [1.54, 1.807) is 12.1 Å². The number of ketones is 1. The Morgan fingerprint density at radius 3 is 2.61 bits per heavy atom. The number of thioether (sulfide) groups is 1. The molecule has 0 radical (unpaired) electrons. The van der Waals surface area contributed by atoms with Crippen LogP contribution in [0.25, 0.3) is 0 Å². The van der Waals surface area contributed by atoms with Gasteiger partial charge in [-0.3, -0.25) is 4.79 Å². The summed E-state index contributed by atoms with van der Waals surface area (Å²) in [5, 5.41) is 8.47. The van der Waals surface area contributed by atoms with Crippen molar-refractivity contribution < 1.29 is 13.9 Å². The van der Waals surface area contributed by atoms with Crippen LogP contribution in [-0.4, -0.2) is 21.2 Å². The van der Waals surface area contributed by atoms with Crippen LogP contribution in [0.1, 0.15) is 39.9 Å². The highest BCUT2D eigenvalue weighted by atomic mass is 35.5. The molecular weight excluding hydrogens is 396 g/mol. The second kappa shape index (κ2) is 8.80. The van der Waals surface area contributed by atoms with Crippen LogP contribution < -0.4 is 4.74 Å². The maximum absolute atomic E-state index is 12.8. The van der Waals surface area contributed by atoms with E-state index in [-0.39, 0.29) is 17.6 Å². The number of aromatic nitrogens is 2. The summed E-state index contributed by atoms with van der Waals surface area (Å²) < 4.78 is 11.2. The minimum Gasteiger partial charge on any atom is -0.482 e. The molecule has 1 unspecified atom stereocenters. The fourth-order valence-corrected chi connectivity index (χ4v) is 3.65. The highest BCUT2D eigenvalue weighted by molar-refractivity contribution is 8.00. The molecule has 0 aliphatic rings. The normalized spacial score (nSPS) is 12.0. The van der Waals surface area contributed by atoms with Gasteiger partial charge in [0.25, 0.3) is 11.1 Å². The maximum atomic E-state index is 12.8. The smallest absolute Gasteiger partial charge is 0.277 e. The SMILES string of the molecule is Cc1cc(C)c(C(=O)C(C)Sc2nnc(COc3ccccc3Cl)o2)cc1C. The van der Waals surface area contributed by atoms with Crippen molar-refractivity contribution in [3.8, 4) is 5.75 Å². The van der Waals surface area contributed by atoms with E-state index in [2.05, 4.69) is 10.2 Å². The fraction of sp³-hybridized carbons (Fsp3) is 0.286. The molecule has 28 heavy (non-hydrogen) atoms. The number of carbonyl (C=O) groups is 1. The van der Waals surface area contributed by atoms with Gasteiger partial charge in [0.05, 0.1) is 10.3 Å². The summed E-state index contributed by atoms with van der Waals surface area (Å²) in [7, 11) is 0. The fourth-order valence-electron chi connectivity index (χ4n) is 2.70. The van der Waals surface area contributed by atoms with Gasteiger partial charge in [0, 0.05) is 5.56 Å². The Bertz CT molecular complexity index is 1000. The third-order valence-corrected chi connectivity index (χ3v) is 5.64. The number of hydrogen-bond acceptors (Lipinski definition) is 6. The van der Waals surface area contributed by atoms with Gasteiger partial charge >= 0.3 is 0 Å². The molecule has 1 aromatic heterocycles. The highest BCUT2D eigenvalue weighted by Gasteiger charge is 2.22. The van der Waals surface area contributed by atoms with Crippen LogP contribution in [0, 0.1) is 20.8 Å². The molecule has 0 aliphatic heterocycles. The zero-order chi connectivity index (χ0) is 20.3. The standard InChI is InChI=1S/C21H21ClN2O3S/c1-12-9-14(3)16(10-13(12)2)20(25)15(4)28-21-24-23-19(27-21)11-26-18-8-6-5-7-17(18)22/h5-10,15H,11H2,1-4H3. The third-order valence-electron chi connectivity index (χ3n) is 4.39. The predicted octanol–water partition coefficient (Wildman–Crippen LogP) is 5.59. The van der Waals surface area contributed by atoms with E-state index in [0.29, 0.717) is 21.9 Å². The van der Waals surface area contributed by atoms with Gasteiger partial charge in [-0.15, -0.1) is 10.2 Å². The monoisotopic (exact) mass is 416 g/mol. The van der Waals surface area contributed by atoms with Crippen LogP contribution >= 0.6 is 23.4 Å². The van der Waals surface area contributed by atoms with Crippen molar-refractivity contribution in [1.29, 1.82) is 0 Å². The molecule has 1 heterocycles. The zero-order valence-electron chi connectivity index (χ0n) is 16.2. The van der Waals surface area contributed by atoms with Crippen molar-refractivity contribution >= 4 is 29.1 Å². The minimum absolute atomic E-state index is 0.0395. The Labute approximate surface area is 173 Å². The van der Waals surface area contributed by atoms with Crippen molar-refractivity contribution in [1.82, 2.24) is 10.2 Å². The van der Waals surface area contributed by atoms with E-state index in [1.165, 1.54) is 17.3 Å². The molecule has 0 N–H and O–H groups in total. The largest absolute Gasteiger partial charge is 0.482 e. The molecule has 0 amide bonds. The van der Waals surface area contributed by atoms with Crippen molar-refractivity contribution in [2.24, 2.45) is 0 Å². The van der Waals surface area contributed by atoms with Crippen LogP contribution in [0.15, 0.2) is 46.0 Å². The predicted molar refractivity (Wildman–Crippen MR) is 110 cm³/mol. The van der Waals surface area contributed by atoms with Gasteiger partial charge in [-0.05, 0) is 62.6 Å². The van der Waals surface area contributed by atoms with Gasteiger partial charge in [-0.2, -0.15) is 0 Å². The van der Waals surface area contributed by atoms with Gasteiger partial charge in [-0.25, -0.2) is 0 Å². The molecule has 0 aliphatic carbocycles. The van der Waals surface area contributed by atoms with Gasteiger partial charge in [0.15, 0.2) is 12.4 Å². The highest BCUT2D eigenvalue weighted by Crippen LogP contribution is 2.28. The van der Waals surface area contributed by atoms with E-state index in [9.17, 15) is 4.79 Å². The quantitative estimate of drug-likeness (QED) is 0.369. The molecule has 0 spiro atoms. The van der Waals surface area contributed by atoms with Crippen LogP contribution in [0.2, 0.25) is 5.02 Å². The molecule has 0 fully saturated rings. The Morgan fingerprint density at radius 1 is 1.14 bits per heavy atom. The van der Waals surface area contributed by atoms with Crippen LogP contribution in [0.5, 0.6) is 5.75 Å². The summed E-state index contributed by atoms with van der Waals surface area (Å²) in [4.78, 5) is 12.8. The number of halogens is 1. The molecule has 2 aromatic carbocycles. The molecule has 3 rings (SSSR count). The van der Waals surface area contributed by atoms with E-state index in [0.717, 1.165) is 16.7 Å². The summed E-state index contributed by atoms with van der Waals surface area (Å²) in [6.07, 6.45) is 0. The first-order valence-corrected chi connectivity index (χ1v) is 10.1. The number of rotatable bonds is 7. The van der Waals surface area contributed by atoms with Crippen LogP contribution in [-0.2, 0) is 6.61 Å².